The molecule has 1 aromatic rings. The minimum atomic E-state index is -3.53. The first-order chi connectivity index (χ1) is 9.88. The number of sulfonamides is 1. The molecule has 0 aliphatic rings. The number of rotatable bonds is 9. The van der Waals surface area contributed by atoms with E-state index in [-0.39, 0.29) is 17.3 Å². The summed E-state index contributed by atoms with van der Waals surface area (Å²) >= 11 is 3.29. The SMILES string of the molecule is COCCNCCNS(=O)(=O)c1cc(N(C)C)ccc1Br.Cl. The van der Waals surface area contributed by atoms with E-state index in [2.05, 4.69) is 26.0 Å². The Labute approximate surface area is 147 Å². The van der Waals surface area contributed by atoms with Crippen LogP contribution in [0.1, 0.15) is 0 Å². The molecule has 0 saturated heterocycles. The van der Waals surface area contributed by atoms with Gasteiger partial charge in [0.05, 0.1) is 11.5 Å². The molecule has 0 bridgehead atoms. The lowest BCUT2D eigenvalue weighted by Crippen LogP contribution is -2.33. The quantitative estimate of drug-likeness (QED) is 0.596. The number of nitrogens with zero attached hydrogens (tertiary/aromatic N) is 1. The summed E-state index contributed by atoms with van der Waals surface area (Å²) in [6.45, 7) is 2.17. The zero-order valence-corrected chi connectivity index (χ0v) is 16.1. The second-order valence-corrected chi connectivity index (χ2v) is 7.24. The third-order valence-corrected chi connectivity index (χ3v) is 5.25. The second kappa shape index (κ2) is 10.4. The number of methoxy groups -OCH3 is 1. The van der Waals surface area contributed by atoms with Crippen LogP contribution in [-0.2, 0) is 14.8 Å². The lowest BCUT2D eigenvalue weighted by atomic mass is 10.3. The van der Waals surface area contributed by atoms with Gasteiger partial charge in [0.1, 0.15) is 0 Å². The van der Waals surface area contributed by atoms with Crippen LogP contribution in [0, 0.1) is 0 Å². The summed E-state index contributed by atoms with van der Waals surface area (Å²) in [7, 11) is 1.83. The van der Waals surface area contributed by atoms with Crippen molar-refractivity contribution in [3.8, 4) is 0 Å². The molecule has 0 aromatic heterocycles. The molecular weight excluding hydrogens is 394 g/mol. The highest BCUT2D eigenvalue weighted by Gasteiger charge is 2.18. The standard InChI is InChI=1S/C13H22BrN3O3S.ClH/c1-17(2)11-4-5-12(14)13(10-11)21(18,19)16-7-6-15-8-9-20-3;/h4-5,10,15-16H,6-9H2,1-3H3;1H. The third-order valence-electron chi connectivity index (χ3n) is 2.80. The maximum Gasteiger partial charge on any atom is 0.241 e. The maximum atomic E-state index is 12.3. The van der Waals surface area contributed by atoms with E-state index in [1.807, 2.05) is 25.1 Å². The number of ether oxygens (including phenoxy) is 1. The molecule has 0 saturated carbocycles. The van der Waals surface area contributed by atoms with Gasteiger partial charge < -0.3 is 15.0 Å². The molecule has 0 amide bonds. The van der Waals surface area contributed by atoms with Crippen molar-refractivity contribution in [2.24, 2.45) is 0 Å². The van der Waals surface area contributed by atoms with Crippen LogP contribution in [0.2, 0.25) is 0 Å². The van der Waals surface area contributed by atoms with Crippen molar-refractivity contribution < 1.29 is 13.2 Å². The van der Waals surface area contributed by atoms with Crippen LogP contribution in [0.25, 0.3) is 0 Å². The van der Waals surface area contributed by atoms with Gasteiger partial charge in [-0.25, -0.2) is 13.1 Å². The van der Waals surface area contributed by atoms with Gasteiger partial charge in [0.15, 0.2) is 0 Å². The first-order valence-corrected chi connectivity index (χ1v) is 8.82. The lowest BCUT2D eigenvalue weighted by molar-refractivity contribution is 0.199. The van der Waals surface area contributed by atoms with E-state index in [1.54, 1.807) is 19.2 Å². The number of nitrogens with one attached hydrogen (secondary N) is 2. The Hall–Kier alpha value is -0.380. The molecule has 6 nitrogen and oxygen atoms in total. The molecule has 0 radical (unpaired) electrons. The minimum absolute atomic E-state index is 0. The van der Waals surface area contributed by atoms with Gasteiger partial charge in [-0.2, -0.15) is 0 Å². The van der Waals surface area contributed by atoms with Gasteiger partial charge in [-0.3, -0.25) is 0 Å². The Bertz CT molecular complexity index is 555. The Morgan fingerprint density at radius 3 is 2.50 bits per heavy atom. The highest BCUT2D eigenvalue weighted by Crippen LogP contribution is 2.26. The predicted octanol–water partition coefficient (Wildman–Crippen LogP) is 1.45. The minimum Gasteiger partial charge on any atom is -0.383 e. The van der Waals surface area contributed by atoms with Gasteiger partial charge >= 0.3 is 0 Å². The van der Waals surface area contributed by atoms with Crippen LogP contribution in [0.3, 0.4) is 0 Å². The largest absolute Gasteiger partial charge is 0.383 e. The molecule has 0 heterocycles. The molecule has 0 unspecified atom stereocenters. The monoisotopic (exact) mass is 415 g/mol. The van der Waals surface area contributed by atoms with E-state index in [0.29, 0.717) is 30.7 Å². The fourth-order valence-corrected chi connectivity index (χ4v) is 3.64. The van der Waals surface area contributed by atoms with E-state index in [1.165, 1.54) is 0 Å². The van der Waals surface area contributed by atoms with Gasteiger partial charge in [0.25, 0.3) is 0 Å². The Balaban J connectivity index is 0.00000441. The Kier molecular flexibility index (Phi) is 10.2. The van der Waals surface area contributed by atoms with Gasteiger partial charge in [-0.05, 0) is 34.1 Å². The summed E-state index contributed by atoms with van der Waals surface area (Å²) in [5.41, 5.74) is 0.830. The summed E-state index contributed by atoms with van der Waals surface area (Å²) in [6, 6.07) is 5.24. The molecule has 128 valence electrons. The number of benzene rings is 1. The van der Waals surface area contributed by atoms with Crippen molar-refractivity contribution in [3.05, 3.63) is 22.7 Å². The maximum absolute atomic E-state index is 12.3. The molecule has 1 rings (SSSR count). The van der Waals surface area contributed by atoms with E-state index in [0.717, 1.165) is 5.69 Å². The van der Waals surface area contributed by atoms with Crippen molar-refractivity contribution in [3.63, 3.8) is 0 Å². The van der Waals surface area contributed by atoms with Crippen LogP contribution in [0.5, 0.6) is 0 Å². The third kappa shape index (κ3) is 6.80. The Morgan fingerprint density at radius 1 is 1.23 bits per heavy atom. The highest BCUT2D eigenvalue weighted by atomic mass is 79.9. The molecule has 0 atom stereocenters. The zero-order valence-electron chi connectivity index (χ0n) is 12.9. The van der Waals surface area contributed by atoms with Crippen molar-refractivity contribution in [1.29, 1.82) is 0 Å². The molecule has 0 aliphatic carbocycles. The number of anilines is 1. The van der Waals surface area contributed by atoms with Crippen molar-refractivity contribution in [1.82, 2.24) is 10.0 Å². The van der Waals surface area contributed by atoms with E-state index in [9.17, 15) is 8.42 Å². The predicted molar refractivity (Wildman–Crippen MR) is 95.7 cm³/mol. The second-order valence-electron chi connectivity index (χ2n) is 4.65. The number of halogens is 2. The van der Waals surface area contributed by atoms with Gasteiger partial charge in [-0.15, -0.1) is 12.4 Å². The van der Waals surface area contributed by atoms with Crippen molar-refractivity contribution in [2.75, 3.05) is 52.3 Å². The van der Waals surface area contributed by atoms with Crippen LogP contribution >= 0.6 is 28.3 Å². The fourth-order valence-electron chi connectivity index (χ4n) is 1.63. The molecular formula is C13H23BrClN3O3S. The smallest absolute Gasteiger partial charge is 0.241 e. The first kappa shape index (κ1) is 21.6. The van der Waals surface area contributed by atoms with Crippen molar-refractivity contribution >= 4 is 44.0 Å². The average molecular weight is 417 g/mol. The van der Waals surface area contributed by atoms with Crippen LogP contribution in [0.15, 0.2) is 27.6 Å². The van der Waals surface area contributed by atoms with Gasteiger partial charge in [0.2, 0.25) is 10.0 Å². The van der Waals surface area contributed by atoms with Crippen molar-refractivity contribution in [2.45, 2.75) is 4.90 Å². The number of hydrogen-bond acceptors (Lipinski definition) is 5. The first-order valence-electron chi connectivity index (χ1n) is 6.54. The molecule has 0 fully saturated rings. The van der Waals surface area contributed by atoms with Gasteiger partial charge in [-0.1, -0.05) is 0 Å². The van der Waals surface area contributed by atoms with E-state index >= 15 is 0 Å². The molecule has 1 aromatic carbocycles. The summed E-state index contributed by atoms with van der Waals surface area (Å²) in [4.78, 5) is 2.10. The normalized spacial score (nSPS) is 11.1. The topological polar surface area (TPSA) is 70.7 Å². The summed E-state index contributed by atoms with van der Waals surface area (Å²) in [6.07, 6.45) is 0. The lowest BCUT2D eigenvalue weighted by Gasteiger charge is -2.15. The summed E-state index contributed by atoms with van der Waals surface area (Å²) < 4.78 is 32.6. The molecule has 0 spiro atoms. The molecule has 0 aliphatic heterocycles. The van der Waals surface area contributed by atoms with Crippen LogP contribution in [0.4, 0.5) is 5.69 Å². The fraction of sp³-hybridized carbons (Fsp3) is 0.538. The molecule has 2 N–H and O–H groups in total. The Morgan fingerprint density at radius 2 is 1.91 bits per heavy atom. The molecule has 9 heteroatoms. The summed E-state index contributed by atoms with van der Waals surface area (Å²) in [5, 5.41) is 3.08. The zero-order chi connectivity index (χ0) is 15.9. The highest BCUT2D eigenvalue weighted by molar-refractivity contribution is 9.10. The van der Waals surface area contributed by atoms with Crippen LogP contribution < -0.4 is 14.9 Å². The number of hydrogen-bond donors (Lipinski definition) is 2. The summed E-state index contributed by atoms with van der Waals surface area (Å²) in [5.74, 6) is 0. The average Bonchev–Trinajstić information content (AvgIpc) is 2.42. The van der Waals surface area contributed by atoms with Crippen LogP contribution in [-0.4, -0.2) is 55.9 Å². The van der Waals surface area contributed by atoms with E-state index in [4.69, 9.17) is 4.74 Å². The van der Waals surface area contributed by atoms with E-state index < -0.39 is 10.0 Å². The molecule has 22 heavy (non-hydrogen) atoms. The van der Waals surface area contributed by atoms with Gasteiger partial charge in [0, 0.05) is 51.0 Å².